The molecule has 1 unspecified atom stereocenters. The van der Waals surface area contributed by atoms with E-state index in [0.29, 0.717) is 17.5 Å². The van der Waals surface area contributed by atoms with Crippen molar-refractivity contribution in [3.8, 4) is 0 Å². The molecule has 0 heterocycles. The summed E-state index contributed by atoms with van der Waals surface area (Å²) in [6.07, 6.45) is 3.94. The van der Waals surface area contributed by atoms with E-state index in [1.165, 1.54) is 19.3 Å². The van der Waals surface area contributed by atoms with Crippen LogP contribution in [0.25, 0.3) is 0 Å². The van der Waals surface area contributed by atoms with Crippen LogP contribution in [-0.4, -0.2) is 35.7 Å². The maximum atomic E-state index is 9.09. The Morgan fingerprint density at radius 3 is 2.54 bits per heavy atom. The van der Waals surface area contributed by atoms with Crippen molar-refractivity contribution in [2.24, 2.45) is 5.41 Å². The molecule has 0 aromatic heterocycles. The minimum atomic E-state index is 0.267. The average molecular weight is 185 g/mol. The minimum Gasteiger partial charge on any atom is -0.395 e. The van der Waals surface area contributed by atoms with Crippen LogP contribution in [0, 0.1) is 5.41 Å². The number of hydrogen-bond acceptors (Lipinski definition) is 2. The fourth-order valence-electron chi connectivity index (χ4n) is 2.50. The molecule has 2 nitrogen and oxygen atoms in total. The molecule has 0 aliphatic heterocycles. The van der Waals surface area contributed by atoms with Crippen LogP contribution < -0.4 is 0 Å². The third-order valence-electron chi connectivity index (χ3n) is 3.65. The quantitative estimate of drug-likeness (QED) is 0.725. The van der Waals surface area contributed by atoms with Crippen molar-refractivity contribution in [1.82, 2.24) is 4.90 Å². The van der Waals surface area contributed by atoms with E-state index in [0.717, 1.165) is 0 Å². The van der Waals surface area contributed by atoms with Gasteiger partial charge in [-0.1, -0.05) is 20.3 Å². The Labute approximate surface area is 81.9 Å². The largest absolute Gasteiger partial charge is 0.395 e. The Kier molecular flexibility index (Phi) is 3.36. The monoisotopic (exact) mass is 185 g/mol. The topological polar surface area (TPSA) is 23.5 Å². The Morgan fingerprint density at radius 1 is 1.54 bits per heavy atom. The number of likely N-dealkylation sites (N-methyl/N-ethyl adjacent to an activating group) is 1. The fraction of sp³-hybridized carbons (Fsp3) is 1.00. The first-order valence-electron chi connectivity index (χ1n) is 5.32. The van der Waals surface area contributed by atoms with Crippen LogP contribution in [0.1, 0.15) is 40.0 Å². The predicted molar refractivity (Wildman–Crippen MR) is 55.7 cm³/mol. The number of hydrogen-bond donors (Lipinski definition) is 1. The number of aliphatic hydroxyl groups is 1. The van der Waals surface area contributed by atoms with E-state index in [4.69, 9.17) is 5.11 Å². The second-order valence-corrected chi connectivity index (χ2v) is 5.09. The van der Waals surface area contributed by atoms with Gasteiger partial charge in [-0.15, -0.1) is 0 Å². The maximum absolute atomic E-state index is 9.09. The molecule has 0 spiro atoms. The molecule has 1 fully saturated rings. The Morgan fingerprint density at radius 2 is 2.15 bits per heavy atom. The number of nitrogens with zero attached hydrogens (tertiary/aromatic N) is 1. The molecule has 0 aromatic rings. The zero-order valence-electron chi connectivity index (χ0n) is 9.38. The van der Waals surface area contributed by atoms with Crippen molar-refractivity contribution in [2.45, 2.75) is 52.1 Å². The van der Waals surface area contributed by atoms with Crippen LogP contribution in [0.4, 0.5) is 0 Å². The first kappa shape index (κ1) is 11.0. The van der Waals surface area contributed by atoms with Gasteiger partial charge in [-0.05, 0) is 32.2 Å². The van der Waals surface area contributed by atoms with Gasteiger partial charge in [0.15, 0.2) is 0 Å². The summed E-state index contributed by atoms with van der Waals surface area (Å²) in [7, 11) is 2.14. The minimum absolute atomic E-state index is 0.267. The Hall–Kier alpha value is -0.0800. The number of aliphatic hydroxyl groups excluding tert-OH is 1. The molecule has 0 saturated heterocycles. The lowest BCUT2D eigenvalue weighted by atomic mass is 9.86. The third kappa shape index (κ3) is 2.23. The molecule has 2 atom stereocenters. The summed E-state index contributed by atoms with van der Waals surface area (Å²) in [5, 5.41) is 9.09. The van der Waals surface area contributed by atoms with Crippen molar-refractivity contribution >= 4 is 0 Å². The van der Waals surface area contributed by atoms with Gasteiger partial charge in [0.05, 0.1) is 6.61 Å². The van der Waals surface area contributed by atoms with Gasteiger partial charge < -0.3 is 5.11 Å². The summed E-state index contributed by atoms with van der Waals surface area (Å²) < 4.78 is 0. The van der Waals surface area contributed by atoms with E-state index in [1.807, 2.05) is 0 Å². The van der Waals surface area contributed by atoms with Crippen LogP contribution >= 0.6 is 0 Å². The lowest BCUT2D eigenvalue weighted by Crippen LogP contribution is -2.45. The van der Waals surface area contributed by atoms with Gasteiger partial charge in [0.1, 0.15) is 0 Å². The van der Waals surface area contributed by atoms with E-state index in [1.54, 1.807) is 0 Å². The highest BCUT2D eigenvalue weighted by atomic mass is 16.3. The van der Waals surface area contributed by atoms with E-state index < -0.39 is 0 Å². The first-order chi connectivity index (χ1) is 5.99. The maximum Gasteiger partial charge on any atom is 0.0584 e. The molecule has 0 bridgehead atoms. The van der Waals surface area contributed by atoms with Crippen molar-refractivity contribution in [1.29, 1.82) is 0 Å². The lowest BCUT2D eigenvalue weighted by molar-refractivity contribution is 0.0717. The second-order valence-electron chi connectivity index (χ2n) is 5.09. The van der Waals surface area contributed by atoms with Gasteiger partial charge in [-0.25, -0.2) is 0 Å². The first-order valence-corrected chi connectivity index (χ1v) is 5.32. The Bertz CT molecular complexity index is 167. The number of rotatable bonds is 3. The van der Waals surface area contributed by atoms with Crippen LogP contribution in [0.3, 0.4) is 0 Å². The summed E-state index contributed by atoms with van der Waals surface area (Å²) in [5.74, 6) is 0. The SMILES string of the molecule is C[C@@H](CO)N(C)C1CCCC1(C)C. The van der Waals surface area contributed by atoms with Crippen LogP contribution in [0.15, 0.2) is 0 Å². The molecular formula is C11H23NO. The molecule has 2 heteroatoms. The van der Waals surface area contributed by atoms with Gasteiger partial charge in [-0.2, -0.15) is 0 Å². The van der Waals surface area contributed by atoms with Crippen molar-refractivity contribution in [2.75, 3.05) is 13.7 Å². The summed E-state index contributed by atoms with van der Waals surface area (Å²) in [4.78, 5) is 2.34. The fourth-order valence-corrected chi connectivity index (χ4v) is 2.50. The van der Waals surface area contributed by atoms with Crippen LogP contribution in [0.2, 0.25) is 0 Å². The summed E-state index contributed by atoms with van der Waals surface area (Å²) in [5.41, 5.74) is 0.429. The molecule has 1 saturated carbocycles. The molecular weight excluding hydrogens is 162 g/mol. The summed E-state index contributed by atoms with van der Waals surface area (Å²) in [6, 6.07) is 0.942. The molecule has 78 valence electrons. The lowest BCUT2D eigenvalue weighted by Gasteiger charge is -2.38. The molecule has 1 rings (SSSR count). The van der Waals surface area contributed by atoms with Gasteiger partial charge >= 0.3 is 0 Å². The normalized spacial score (nSPS) is 29.5. The molecule has 0 amide bonds. The molecule has 0 aromatic carbocycles. The molecule has 0 radical (unpaired) electrons. The zero-order chi connectivity index (χ0) is 10.1. The van der Waals surface area contributed by atoms with Crippen LogP contribution in [-0.2, 0) is 0 Å². The standard InChI is InChI=1S/C11H23NO/c1-9(8-13)12(4)10-6-5-7-11(10,2)3/h9-10,13H,5-8H2,1-4H3/t9-,10?/m0/s1. The third-order valence-corrected chi connectivity index (χ3v) is 3.65. The second kappa shape index (κ2) is 3.97. The summed E-state index contributed by atoms with van der Waals surface area (Å²) >= 11 is 0. The molecule has 13 heavy (non-hydrogen) atoms. The molecule has 1 aliphatic rings. The van der Waals surface area contributed by atoms with Gasteiger partial charge in [0, 0.05) is 12.1 Å². The van der Waals surface area contributed by atoms with Gasteiger partial charge in [0.25, 0.3) is 0 Å². The molecule has 1 N–H and O–H groups in total. The highest BCUT2D eigenvalue weighted by molar-refractivity contribution is 4.92. The average Bonchev–Trinajstić information content (AvgIpc) is 2.42. The van der Waals surface area contributed by atoms with Crippen molar-refractivity contribution in [3.63, 3.8) is 0 Å². The van der Waals surface area contributed by atoms with Gasteiger partial charge in [0.2, 0.25) is 0 Å². The summed E-state index contributed by atoms with van der Waals surface area (Å²) in [6.45, 7) is 7.04. The highest BCUT2D eigenvalue weighted by Gasteiger charge is 2.37. The van der Waals surface area contributed by atoms with Crippen molar-refractivity contribution in [3.05, 3.63) is 0 Å². The van der Waals surface area contributed by atoms with Crippen LogP contribution in [0.5, 0.6) is 0 Å². The molecule has 1 aliphatic carbocycles. The highest BCUT2D eigenvalue weighted by Crippen LogP contribution is 2.40. The zero-order valence-corrected chi connectivity index (χ0v) is 9.38. The van der Waals surface area contributed by atoms with Crippen molar-refractivity contribution < 1.29 is 5.11 Å². The van der Waals surface area contributed by atoms with E-state index in [2.05, 4.69) is 32.7 Å². The van der Waals surface area contributed by atoms with E-state index in [9.17, 15) is 0 Å². The Balaban J connectivity index is 2.60. The van der Waals surface area contributed by atoms with E-state index in [-0.39, 0.29) is 6.61 Å². The van der Waals surface area contributed by atoms with E-state index >= 15 is 0 Å². The predicted octanol–water partition coefficient (Wildman–Crippen LogP) is 1.88. The van der Waals surface area contributed by atoms with Gasteiger partial charge in [-0.3, -0.25) is 4.90 Å². The smallest absolute Gasteiger partial charge is 0.0584 e.